The van der Waals surface area contributed by atoms with Gasteiger partial charge < -0.3 is 19.5 Å². The third-order valence-electron chi connectivity index (χ3n) is 4.71. The van der Waals surface area contributed by atoms with Gasteiger partial charge in [0.2, 0.25) is 5.91 Å². The molecule has 0 saturated carbocycles. The van der Waals surface area contributed by atoms with Crippen molar-refractivity contribution in [3.63, 3.8) is 0 Å². The molecule has 2 aliphatic rings. The summed E-state index contributed by atoms with van der Waals surface area (Å²) in [5.41, 5.74) is 2.20. The summed E-state index contributed by atoms with van der Waals surface area (Å²) in [6, 6.07) is 10.9. The third-order valence-corrected chi connectivity index (χ3v) is 4.71. The molecule has 0 radical (unpaired) electrons. The van der Waals surface area contributed by atoms with E-state index in [-0.39, 0.29) is 18.4 Å². The molecule has 2 heterocycles. The Morgan fingerprint density at radius 3 is 2.64 bits per heavy atom. The fraction of sp³-hybridized carbons (Fsp3) is 0.333. The average molecular weight is 382 g/mol. The SMILES string of the molecule is CC[C@@H]1Oc2ccc(C)cc2N(CC(=O)Nc2ccc3c(c2)OCCO3)C1=O. The number of rotatable bonds is 4. The normalized spacial score (nSPS) is 17.6. The molecule has 0 aromatic heterocycles. The molecule has 7 heteroatoms. The Bertz CT molecular complexity index is 927. The summed E-state index contributed by atoms with van der Waals surface area (Å²) in [7, 11) is 0. The number of benzene rings is 2. The molecule has 28 heavy (non-hydrogen) atoms. The van der Waals surface area contributed by atoms with Crippen molar-refractivity contribution in [1.82, 2.24) is 0 Å². The third kappa shape index (κ3) is 3.47. The van der Waals surface area contributed by atoms with Crippen LogP contribution in [0.15, 0.2) is 36.4 Å². The first kappa shape index (κ1) is 18.2. The molecule has 7 nitrogen and oxygen atoms in total. The van der Waals surface area contributed by atoms with Crippen LogP contribution in [0.25, 0.3) is 0 Å². The number of amides is 2. The maximum absolute atomic E-state index is 12.8. The van der Waals surface area contributed by atoms with E-state index in [1.807, 2.05) is 32.0 Å². The monoisotopic (exact) mass is 382 g/mol. The summed E-state index contributed by atoms with van der Waals surface area (Å²) in [6.45, 7) is 4.71. The van der Waals surface area contributed by atoms with Gasteiger partial charge in [0, 0.05) is 11.8 Å². The van der Waals surface area contributed by atoms with Crippen molar-refractivity contribution in [3.05, 3.63) is 42.0 Å². The van der Waals surface area contributed by atoms with Gasteiger partial charge in [-0.25, -0.2) is 0 Å². The lowest BCUT2D eigenvalue weighted by atomic mass is 10.1. The molecule has 2 amide bonds. The summed E-state index contributed by atoms with van der Waals surface area (Å²) in [5, 5.41) is 2.83. The van der Waals surface area contributed by atoms with Crippen LogP contribution < -0.4 is 24.4 Å². The number of anilines is 2. The van der Waals surface area contributed by atoms with Gasteiger partial charge in [-0.05, 0) is 43.2 Å². The van der Waals surface area contributed by atoms with Gasteiger partial charge in [0.1, 0.15) is 25.5 Å². The highest BCUT2D eigenvalue weighted by Crippen LogP contribution is 2.36. The minimum atomic E-state index is -0.586. The van der Waals surface area contributed by atoms with Crippen LogP contribution in [0.3, 0.4) is 0 Å². The van der Waals surface area contributed by atoms with Crippen molar-refractivity contribution >= 4 is 23.2 Å². The van der Waals surface area contributed by atoms with Gasteiger partial charge in [0.05, 0.1) is 5.69 Å². The van der Waals surface area contributed by atoms with Gasteiger partial charge in [-0.3, -0.25) is 14.5 Å². The van der Waals surface area contributed by atoms with Crippen LogP contribution in [0, 0.1) is 6.92 Å². The van der Waals surface area contributed by atoms with E-state index in [4.69, 9.17) is 14.2 Å². The molecule has 0 spiro atoms. The average Bonchev–Trinajstić information content (AvgIpc) is 2.70. The van der Waals surface area contributed by atoms with Gasteiger partial charge >= 0.3 is 0 Å². The molecule has 146 valence electrons. The molecule has 0 aliphatic carbocycles. The van der Waals surface area contributed by atoms with Crippen LogP contribution in [-0.4, -0.2) is 37.7 Å². The van der Waals surface area contributed by atoms with Crippen molar-refractivity contribution in [1.29, 1.82) is 0 Å². The molecule has 2 aromatic carbocycles. The zero-order valence-electron chi connectivity index (χ0n) is 15.9. The topological polar surface area (TPSA) is 77.1 Å². The summed E-state index contributed by atoms with van der Waals surface area (Å²) in [6.07, 6.45) is -0.0517. The number of ether oxygens (including phenoxy) is 3. The fourth-order valence-electron chi connectivity index (χ4n) is 3.32. The number of nitrogens with one attached hydrogen (secondary N) is 1. The number of carbonyl (C=O) groups is 2. The molecule has 2 aromatic rings. The Labute approximate surface area is 163 Å². The van der Waals surface area contributed by atoms with E-state index in [2.05, 4.69) is 5.32 Å². The Balaban J connectivity index is 1.53. The van der Waals surface area contributed by atoms with E-state index in [9.17, 15) is 9.59 Å². The van der Waals surface area contributed by atoms with Crippen molar-refractivity contribution < 1.29 is 23.8 Å². The number of hydrogen-bond donors (Lipinski definition) is 1. The van der Waals surface area contributed by atoms with E-state index in [1.165, 1.54) is 4.90 Å². The van der Waals surface area contributed by atoms with Crippen LogP contribution in [0.1, 0.15) is 18.9 Å². The van der Waals surface area contributed by atoms with Crippen LogP contribution in [0.2, 0.25) is 0 Å². The van der Waals surface area contributed by atoms with Gasteiger partial charge in [-0.2, -0.15) is 0 Å². The lowest BCUT2D eigenvalue weighted by Crippen LogP contribution is -2.48. The maximum Gasteiger partial charge on any atom is 0.268 e. The van der Waals surface area contributed by atoms with Crippen molar-refractivity contribution in [2.75, 3.05) is 30.0 Å². The van der Waals surface area contributed by atoms with Crippen LogP contribution in [0.5, 0.6) is 17.2 Å². The summed E-state index contributed by atoms with van der Waals surface area (Å²) >= 11 is 0. The smallest absolute Gasteiger partial charge is 0.268 e. The van der Waals surface area contributed by atoms with Crippen LogP contribution in [0.4, 0.5) is 11.4 Å². The Hall–Kier alpha value is -3.22. The first-order valence-corrected chi connectivity index (χ1v) is 9.33. The largest absolute Gasteiger partial charge is 0.486 e. The van der Waals surface area contributed by atoms with E-state index >= 15 is 0 Å². The molecular weight excluding hydrogens is 360 g/mol. The summed E-state index contributed by atoms with van der Waals surface area (Å²) < 4.78 is 16.8. The predicted octanol–water partition coefficient (Wildman–Crippen LogP) is 2.91. The van der Waals surface area contributed by atoms with E-state index in [0.29, 0.717) is 48.3 Å². The second kappa shape index (κ2) is 7.42. The number of aryl methyl sites for hydroxylation is 1. The van der Waals surface area contributed by atoms with E-state index in [1.54, 1.807) is 18.2 Å². The first-order valence-electron chi connectivity index (χ1n) is 9.33. The van der Waals surface area contributed by atoms with Gasteiger partial charge in [0.25, 0.3) is 5.91 Å². The molecule has 4 rings (SSSR count). The Morgan fingerprint density at radius 1 is 1.11 bits per heavy atom. The van der Waals surface area contributed by atoms with Gasteiger partial charge in [-0.15, -0.1) is 0 Å². The quantitative estimate of drug-likeness (QED) is 0.880. The standard InChI is InChI=1S/C21H22N2O5/c1-3-16-21(25)23(15-10-13(2)4-6-17(15)28-16)12-20(24)22-14-5-7-18-19(11-14)27-9-8-26-18/h4-7,10-11,16H,3,8-9,12H2,1-2H3,(H,22,24)/t16-/m0/s1. The zero-order valence-corrected chi connectivity index (χ0v) is 15.9. The van der Waals surface area contributed by atoms with E-state index in [0.717, 1.165) is 5.56 Å². The van der Waals surface area contributed by atoms with Gasteiger partial charge in [0.15, 0.2) is 17.6 Å². The zero-order chi connectivity index (χ0) is 19.7. The molecule has 0 saturated heterocycles. The maximum atomic E-state index is 12.8. The fourth-order valence-corrected chi connectivity index (χ4v) is 3.32. The van der Waals surface area contributed by atoms with Crippen LogP contribution in [-0.2, 0) is 9.59 Å². The first-order chi connectivity index (χ1) is 13.5. The van der Waals surface area contributed by atoms with Crippen molar-refractivity contribution in [2.24, 2.45) is 0 Å². The molecule has 0 unspecified atom stereocenters. The molecule has 0 fully saturated rings. The minimum absolute atomic E-state index is 0.0937. The molecule has 0 bridgehead atoms. The van der Waals surface area contributed by atoms with Crippen LogP contribution >= 0.6 is 0 Å². The number of fused-ring (bicyclic) bond motifs is 2. The van der Waals surface area contributed by atoms with E-state index < -0.39 is 6.10 Å². The lowest BCUT2D eigenvalue weighted by Gasteiger charge is -2.34. The van der Waals surface area contributed by atoms with Crippen molar-refractivity contribution in [3.8, 4) is 17.2 Å². The second-order valence-corrected chi connectivity index (χ2v) is 6.82. The molecular formula is C21H22N2O5. The number of hydrogen-bond acceptors (Lipinski definition) is 5. The van der Waals surface area contributed by atoms with Gasteiger partial charge in [-0.1, -0.05) is 13.0 Å². The number of nitrogens with zero attached hydrogens (tertiary/aromatic N) is 1. The molecule has 1 N–H and O–H groups in total. The highest BCUT2D eigenvalue weighted by Gasteiger charge is 2.34. The Morgan fingerprint density at radius 2 is 1.86 bits per heavy atom. The highest BCUT2D eigenvalue weighted by atomic mass is 16.6. The molecule has 2 aliphatic heterocycles. The second-order valence-electron chi connectivity index (χ2n) is 6.82. The lowest BCUT2D eigenvalue weighted by molar-refractivity contribution is -0.128. The minimum Gasteiger partial charge on any atom is -0.486 e. The Kier molecular flexibility index (Phi) is 4.81. The summed E-state index contributed by atoms with van der Waals surface area (Å²) in [4.78, 5) is 27.0. The summed E-state index contributed by atoms with van der Waals surface area (Å²) in [5.74, 6) is 1.36. The molecule has 1 atom stereocenters. The van der Waals surface area contributed by atoms with Crippen molar-refractivity contribution in [2.45, 2.75) is 26.4 Å². The highest BCUT2D eigenvalue weighted by molar-refractivity contribution is 6.06. The number of carbonyl (C=O) groups excluding carboxylic acids is 2. The predicted molar refractivity (Wildman–Crippen MR) is 104 cm³/mol.